The summed E-state index contributed by atoms with van der Waals surface area (Å²) in [6.07, 6.45) is 5.43. The highest BCUT2D eigenvalue weighted by Crippen LogP contribution is 2.11. The van der Waals surface area contributed by atoms with Crippen molar-refractivity contribution in [1.29, 1.82) is 0 Å². The van der Waals surface area contributed by atoms with Crippen LogP contribution >= 0.6 is 0 Å². The Morgan fingerprint density at radius 1 is 1.45 bits per heavy atom. The average Bonchev–Trinajstić information content (AvgIpc) is 2.98. The summed E-state index contributed by atoms with van der Waals surface area (Å²) in [6, 6.07) is 6.18. The first-order valence-electron chi connectivity index (χ1n) is 6.68. The molecule has 2 aromatic heterocycles. The fourth-order valence-corrected chi connectivity index (χ4v) is 2.28. The molecule has 104 valence electrons. The highest BCUT2D eigenvalue weighted by Gasteiger charge is 2.22. The molecule has 6 heteroatoms. The Kier molecular flexibility index (Phi) is 3.47. The second kappa shape index (κ2) is 5.42. The molecule has 1 amide bonds. The number of amides is 1. The van der Waals surface area contributed by atoms with Crippen LogP contribution in [0.2, 0.25) is 0 Å². The second-order valence-electron chi connectivity index (χ2n) is 5.03. The van der Waals surface area contributed by atoms with Crippen molar-refractivity contribution in [3.05, 3.63) is 42.4 Å². The van der Waals surface area contributed by atoms with Crippen molar-refractivity contribution < 1.29 is 4.79 Å². The van der Waals surface area contributed by atoms with Gasteiger partial charge in [0.1, 0.15) is 0 Å². The highest BCUT2D eigenvalue weighted by molar-refractivity contribution is 5.78. The Morgan fingerprint density at radius 3 is 3.05 bits per heavy atom. The Morgan fingerprint density at radius 2 is 2.35 bits per heavy atom. The summed E-state index contributed by atoms with van der Waals surface area (Å²) in [5, 5.41) is 7.01. The standard InChI is InChI=1S/C14H17N5O/c1-11-7-16-14(20)10-18(11)9-12-3-4-13(15-8-12)19-6-2-5-17-19/h2-6,8,11H,7,9-10H2,1H3,(H,16,20). The van der Waals surface area contributed by atoms with E-state index in [-0.39, 0.29) is 5.91 Å². The molecule has 1 aliphatic rings. The van der Waals surface area contributed by atoms with E-state index in [0.717, 1.165) is 17.9 Å². The third-order valence-corrected chi connectivity index (χ3v) is 3.50. The lowest BCUT2D eigenvalue weighted by Gasteiger charge is -2.32. The molecular weight excluding hydrogens is 254 g/mol. The van der Waals surface area contributed by atoms with E-state index in [2.05, 4.69) is 27.2 Å². The molecule has 1 fully saturated rings. The normalized spacial score (nSPS) is 19.9. The van der Waals surface area contributed by atoms with Gasteiger partial charge in [0.05, 0.1) is 6.54 Å². The largest absolute Gasteiger partial charge is 0.353 e. The van der Waals surface area contributed by atoms with Crippen LogP contribution in [0.15, 0.2) is 36.8 Å². The monoisotopic (exact) mass is 271 g/mol. The van der Waals surface area contributed by atoms with Crippen LogP contribution in [-0.4, -0.2) is 44.7 Å². The first kappa shape index (κ1) is 12.8. The lowest BCUT2D eigenvalue weighted by atomic mass is 10.1. The van der Waals surface area contributed by atoms with Crippen molar-refractivity contribution in [2.45, 2.75) is 19.5 Å². The lowest BCUT2D eigenvalue weighted by molar-refractivity contribution is -0.125. The first-order valence-corrected chi connectivity index (χ1v) is 6.68. The molecule has 2 aromatic rings. The van der Waals surface area contributed by atoms with E-state index in [1.807, 2.05) is 30.6 Å². The van der Waals surface area contributed by atoms with E-state index in [4.69, 9.17) is 0 Å². The van der Waals surface area contributed by atoms with E-state index in [0.29, 0.717) is 19.1 Å². The molecule has 3 heterocycles. The zero-order valence-corrected chi connectivity index (χ0v) is 11.4. The number of nitrogens with one attached hydrogen (secondary N) is 1. The van der Waals surface area contributed by atoms with E-state index < -0.39 is 0 Å². The maximum Gasteiger partial charge on any atom is 0.234 e. The van der Waals surface area contributed by atoms with Gasteiger partial charge < -0.3 is 5.32 Å². The molecule has 0 aromatic carbocycles. The summed E-state index contributed by atoms with van der Waals surface area (Å²) >= 11 is 0. The summed E-state index contributed by atoms with van der Waals surface area (Å²) < 4.78 is 1.72. The van der Waals surface area contributed by atoms with Gasteiger partial charge in [-0.1, -0.05) is 6.07 Å². The molecule has 1 unspecified atom stereocenters. The molecule has 1 N–H and O–H groups in total. The van der Waals surface area contributed by atoms with Gasteiger partial charge in [0.25, 0.3) is 0 Å². The smallest absolute Gasteiger partial charge is 0.234 e. The van der Waals surface area contributed by atoms with Crippen LogP contribution in [-0.2, 0) is 11.3 Å². The molecule has 0 radical (unpaired) electrons. The maximum absolute atomic E-state index is 11.4. The van der Waals surface area contributed by atoms with Crippen LogP contribution in [0.1, 0.15) is 12.5 Å². The van der Waals surface area contributed by atoms with Gasteiger partial charge in [-0.25, -0.2) is 9.67 Å². The summed E-state index contributed by atoms with van der Waals surface area (Å²) in [5.74, 6) is 0.882. The molecule has 1 aliphatic heterocycles. The fraction of sp³-hybridized carbons (Fsp3) is 0.357. The van der Waals surface area contributed by atoms with Crippen LogP contribution in [0.3, 0.4) is 0 Å². The van der Waals surface area contributed by atoms with Crippen molar-refractivity contribution in [2.24, 2.45) is 0 Å². The number of carbonyl (C=O) groups excluding carboxylic acids is 1. The molecule has 20 heavy (non-hydrogen) atoms. The summed E-state index contributed by atoms with van der Waals surface area (Å²) in [7, 11) is 0. The molecule has 0 saturated carbocycles. The van der Waals surface area contributed by atoms with Crippen LogP contribution in [0.5, 0.6) is 0 Å². The van der Waals surface area contributed by atoms with Gasteiger partial charge in [0.15, 0.2) is 5.82 Å². The van der Waals surface area contributed by atoms with Crippen LogP contribution in [0.25, 0.3) is 5.82 Å². The average molecular weight is 271 g/mol. The molecule has 1 atom stereocenters. The Hall–Kier alpha value is -2.21. The predicted octanol–water partition coefficient (Wildman–Crippen LogP) is 0.588. The van der Waals surface area contributed by atoms with Crippen molar-refractivity contribution in [1.82, 2.24) is 25.0 Å². The van der Waals surface area contributed by atoms with Gasteiger partial charge in [0, 0.05) is 37.7 Å². The van der Waals surface area contributed by atoms with Gasteiger partial charge >= 0.3 is 0 Å². The number of aromatic nitrogens is 3. The molecule has 0 bridgehead atoms. The highest BCUT2D eigenvalue weighted by atomic mass is 16.2. The third-order valence-electron chi connectivity index (χ3n) is 3.50. The van der Waals surface area contributed by atoms with Crippen molar-refractivity contribution in [3.8, 4) is 5.82 Å². The minimum Gasteiger partial charge on any atom is -0.353 e. The van der Waals surface area contributed by atoms with Gasteiger partial charge in [-0.15, -0.1) is 0 Å². The Bertz CT molecular complexity index is 578. The number of pyridine rings is 1. The predicted molar refractivity (Wildman–Crippen MR) is 74.2 cm³/mol. The number of hydrogen-bond acceptors (Lipinski definition) is 4. The maximum atomic E-state index is 11.4. The molecule has 6 nitrogen and oxygen atoms in total. The number of rotatable bonds is 3. The van der Waals surface area contributed by atoms with Crippen LogP contribution in [0.4, 0.5) is 0 Å². The summed E-state index contributed by atoms with van der Waals surface area (Å²) in [4.78, 5) is 18.0. The van der Waals surface area contributed by atoms with Crippen LogP contribution < -0.4 is 5.32 Å². The lowest BCUT2D eigenvalue weighted by Crippen LogP contribution is -2.52. The number of hydrogen-bond donors (Lipinski definition) is 1. The van der Waals surface area contributed by atoms with E-state index in [1.165, 1.54) is 0 Å². The summed E-state index contributed by atoms with van der Waals surface area (Å²) in [6.45, 7) is 4.01. The minimum absolute atomic E-state index is 0.0872. The van der Waals surface area contributed by atoms with Gasteiger partial charge in [0.2, 0.25) is 5.91 Å². The summed E-state index contributed by atoms with van der Waals surface area (Å²) in [5.41, 5.74) is 1.10. The topological polar surface area (TPSA) is 63.1 Å². The number of carbonyl (C=O) groups is 1. The van der Waals surface area contributed by atoms with Crippen molar-refractivity contribution in [3.63, 3.8) is 0 Å². The minimum atomic E-state index is 0.0872. The molecular formula is C14H17N5O. The number of nitrogens with zero attached hydrogens (tertiary/aromatic N) is 4. The SMILES string of the molecule is CC1CNC(=O)CN1Cc1ccc(-n2cccn2)nc1. The van der Waals surface area contributed by atoms with Gasteiger partial charge in [-0.05, 0) is 24.6 Å². The molecule has 1 saturated heterocycles. The van der Waals surface area contributed by atoms with Crippen molar-refractivity contribution >= 4 is 5.91 Å². The first-order chi connectivity index (χ1) is 9.72. The van der Waals surface area contributed by atoms with Crippen LogP contribution in [0, 0.1) is 0 Å². The Labute approximate surface area is 117 Å². The van der Waals surface area contributed by atoms with E-state index in [9.17, 15) is 4.79 Å². The molecule has 0 spiro atoms. The third kappa shape index (κ3) is 2.70. The zero-order valence-electron chi connectivity index (χ0n) is 11.4. The molecule has 3 rings (SSSR count). The van der Waals surface area contributed by atoms with Crippen molar-refractivity contribution in [2.75, 3.05) is 13.1 Å². The molecule has 0 aliphatic carbocycles. The van der Waals surface area contributed by atoms with E-state index in [1.54, 1.807) is 10.9 Å². The quantitative estimate of drug-likeness (QED) is 0.887. The van der Waals surface area contributed by atoms with E-state index >= 15 is 0 Å². The second-order valence-corrected chi connectivity index (χ2v) is 5.03. The van der Waals surface area contributed by atoms with Gasteiger partial charge in [-0.2, -0.15) is 5.10 Å². The number of piperazine rings is 1. The van der Waals surface area contributed by atoms with Gasteiger partial charge in [-0.3, -0.25) is 9.69 Å². The Balaban J connectivity index is 1.70. The fourth-order valence-electron chi connectivity index (χ4n) is 2.28. The zero-order chi connectivity index (χ0) is 13.9.